The topological polar surface area (TPSA) is 82.4 Å². The second kappa shape index (κ2) is 9.07. The molecular weight excluding hydrogens is 388 g/mol. The molecule has 2 N–H and O–H groups in total. The number of ether oxygens (including phenoxy) is 1. The van der Waals surface area contributed by atoms with Gasteiger partial charge in [-0.1, -0.05) is 60.4 Å². The molecule has 0 unspecified atom stereocenters. The molecule has 0 bridgehead atoms. The minimum Gasteiger partial charge on any atom is -0.507 e. The molecule has 0 aliphatic heterocycles. The summed E-state index contributed by atoms with van der Waals surface area (Å²) in [7, 11) is 0. The van der Waals surface area contributed by atoms with E-state index in [4.69, 9.17) is 10.00 Å². The van der Waals surface area contributed by atoms with Gasteiger partial charge in [-0.25, -0.2) is 4.79 Å². The molecule has 0 heterocycles. The summed E-state index contributed by atoms with van der Waals surface area (Å²) in [6.45, 7) is 0.627. The van der Waals surface area contributed by atoms with Gasteiger partial charge in [0.1, 0.15) is 18.4 Å². The molecule has 5 heteroatoms. The third-order valence-electron chi connectivity index (χ3n) is 5.21. The quantitative estimate of drug-likeness (QED) is 0.490. The van der Waals surface area contributed by atoms with E-state index in [9.17, 15) is 9.90 Å². The van der Waals surface area contributed by atoms with E-state index >= 15 is 0 Å². The normalized spacial score (nSPS) is 11.5. The van der Waals surface area contributed by atoms with Gasteiger partial charge in [0.15, 0.2) is 0 Å². The maximum absolute atomic E-state index is 12.1. The van der Waals surface area contributed by atoms with Crippen LogP contribution in [0.25, 0.3) is 11.1 Å². The maximum Gasteiger partial charge on any atom is 0.407 e. The molecule has 0 spiro atoms. The third-order valence-corrected chi connectivity index (χ3v) is 5.21. The predicted molar refractivity (Wildman–Crippen MR) is 117 cm³/mol. The number of nitriles is 1. The summed E-state index contributed by atoms with van der Waals surface area (Å²) < 4.78 is 5.48. The molecule has 3 aromatic carbocycles. The second-order valence-electron chi connectivity index (χ2n) is 7.15. The molecule has 1 amide bonds. The Bertz CT molecular complexity index is 1190. The van der Waals surface area contributed by atoms with Gasteiger partial charge in [0, 0.05) is 24.4 Å². The van der Waals surface area contributed by atoms with Crippen LogP contribution in [0.15, 0.2) is 66.7 Å². The van der Waals surface area contributed by atoms with Gasteiger partial charge in [-0.05, 0) is 40.5 Å². The van der Waals surface area contributed by atoms with Crippen LogP contribution in [0.1, 0.15) is 34.6 Å². The summed E-state index contributed by atoms with van der Waals surface area (Å²) in [6, 6.07) is 22.9. The fourth-order valence-corrected chi connectivity index (χ4v) is 3.75. The number of fused-ring (bicyclic) bond motifs is 3. The molecule has 1 aliphatic carbocycles. The van der Waals surface area contributed by atoms with Gasteiger partial charge in [0.05, 0.1) is 5.56 Å². The Labute approximate surface area is 180 Å². The number of carbonyl (C=O) groups excluding carboxylic acids is 1. The van der Waals surface area contributed by atoms with Crippen molar-refractivity contribution in [1.82, 2.24) is 5.32 Å². The number of carbonyl (C=O) groups is 1. The first-order chi connectivity index (χ1) is 15.2. The van der Waals surface area contributed by atoms with Crippen molar-refractivity contribution in [3.8, 4) is 34.8 Å². The number of nitrogens with one attached hydrogen (secondary N) is 1. The first kappa shape index (κ1) is 20.1. The third kappa shape index (κ3) is 4.37. The number of nitrogens with zero attached hydrogens (tertiary/aromatic N) is 1. The summed E-state index contributed by atoms with van der Waals surface area (Å²) in [6.07, 6.45) is -0.0370. The van der Waals surface area contributed by atoms with Gasteiger partial charge in [0.25, 0.3) is 0 Å². The van der Waals surface area contributed by atoms with Crippen LogP contribution in [-0.2, 0) is 4.74 Å². The average molecular weight is 408 g/mol. The van der Waals surface area contributed by atoms with Crippen molar-refractivity contribution in [3.63, 3.8) is 0 Å². The Hall–Kier alpha value is -4.22. The van der Waals surface area contributed by atoms with Crippen molar-refractivity contribution in [3.05, 3.63) is 89.0 Å². The van der Waals surface area contributed by atoms with Crippen molar-refractivity contribution >= 4 is 6.09 Å². The lowest BCUT2D eigenvalue weighted by molar-refractivity contribution is 0.143. The summed E-state index contributed by atoms with van der Waals surface area (Å²) in [5, 5.41) is 21.2. The van der Waals surface area contributed by atoms with Crippen molar-refractivity contribution in [1.29, 1.82) is 5.26 Å². The number of hydrogen-bond donors (Lipinski definition) is 2. The maximum atomic E-state index is 12.1. The second-order valence-corrected chi connectivity index (χ2v) is 7.15. The number of aromatic hydroxyl groups is 1. The van der Waals surface area contributed by atoms with Gasteiger partial charge in [-0.3, -0.25) is 0 Å². The predicted octanol–water partition coefficient (Wildman–Crippen LogP) is 4.54. The van der Waals surface area contributed by atoms with Crippen molar-refractivity contribution in [2.24, 2.45) is 0 Å². The number of hydrogen-bond acceptors (Lipinski definition) is 4. The van der Waals surface area contributed by atoms with E-state index < -0.39 is 6.09 Å². The highest BCUT2D eigenvalue weighted by Gasteiger charge is 2.28. The molecule has 5 nitrogen and oxygen atoms in total. The van der Waals surface area contributed by atoms with Crippen molar-refractivity contribution in [2.45, 2.75) is 12.3 Å². The standard InChI is InChI=1S/C26H20N2O3/c27-16-19-13-12-18(15-25(19)29)7-5-6-14-28-26(30)31-17-24-22-10-3-1-8-20(22)21-9-2-4-11-23(21)24/h1-4,8-13,15,24,29H,6,14,17H2,(H,28,30). The Balaban J connectivity index is 1.28. The molecule has 152 valence electrons. The van der Waals surface area contributed by atoms with Crippen LogP contribution in [0.2, 0.25) is 0 Å². The number of phenols is 1. The zero-order valence-corrected chi connectivity index (χ0v) is 16.8. The number of rotatable bonds is 4. The van der Waals surface area contributed by atoms with E-state index in [1.54, 1.807) is 6.07 Å². The highest BCUT2D eigenvalue weighted by molar-refractivity contribution is 5.79. The summed E-state index contributed by atoms with van der Waals surface area (Å²) in [5.74, 6) is 5.77. The molecule has 31 heavy (non-hydrogen) atoms. The highest BCUT2D eigenvalue weighted by Crippen LogP contribution is 2.44. The van der Waals surface area contributed by atoms with E-state index in [1.807, 2.05) is 30.3 Å². The van der Waals surface area contributed by atoms with Gasteiger partial charge < -0.3 is 15.2 Å². The number of benzene rings is 3. The van der Waals surface area contributed by atoms with Gasteiger partial charge >= 0.3 is 6.09 Å². The van der Waals surface area contributed by atoms with E-state index in [0.717, 1.165) is 0 Å². The van der Waals surface area contributed by atoms with E-state index in [-0.39, 0.29) is 23.8 Å². The first-order valence-electron chi connectivity index (χ1n) is 9.98. The summed E-state index contributed by atoms with van der Waals surface area (Å²) in [5.41, 5.74) is 5.55. The molecule has 0 saturated carbocycles. The Morgan fingerprint density at radius 1 is 1.03 bits per heavy atom. The van der Waals surface area contributed by atoms with Crippen LogP contribution in [0.5, 0.6) is 5.75 Å². The van der Waals surface area contributed by atoms with E-state index in [2.05, 4.69) is 41.4 Å². The average Bonchev–Trinajstić information content (AvgIpc) is 3.11. The molecule has 0 fully saturated rings. The number of phenolic OH excluding ortho intramolecular Hbond substituents is 1. The van der Waals surface area contributed by atoms with Crippen LogP contribution in [-0.4, -0.2) is 24.4 Å². The minimum absolute atomic E-state index is 0.0296. The molecule has 4 rings (SSSR count). The summed E-state index contributed by atoms with van der Waals surface area (Å²) in [4.78, 5) is 12.1. The molecule has 1 aliphatic rings. The zero-order chi connectivity index (χ0) is 21.6. The van der Waals surface area contributed by atoms with Crippen LogP contribution < -0.4 is 5.32 Å². The Morgan fingerprint density at radius 3 is 2.35 bits per heavy atom. The SMILES string of the molecule is N#Cc1ccc(C#CCCNC(=O)OCC2c3ccccc3-c3ccccc32)cc1O. The Morgan fingerprint density at radius 2 is 1.71 bits per heavy atom. The van der Waals surface area contributed by atoms with Crippen LogP contribution >= 0.6 is 0 Å². The Kier molecular flexibility index (Phi) is 5.87. The van der Waals surface area contributed by atoms with Crippen LogP contribution in [0.3, 0.4) is 0 Å². The lowest BCUT2D eigenvalue weighted by atomic mass is 9.98. The lowest BCUT2D eigenvalue weighted by Crippen LogP contribution is -2.26. The van der Waals surface area contributed by atoms with E-state index in [1.165, 1.54) is 34.4 Å². The lowest BCUT2D eigenvalue weighted by Gasteiger charge is -2.14. The minimum atomic E-state index is -0.473. The highest BCUT2D eigenvalue weighted by atomic mass is 16.5. The molecule has 3 aromatic rings. The smallest absolute Gasteiger partial charge is 0.407 e. The van der Waals surface area contributed by atoms with Crippen molar-refractivity contribution < 1.29 is 14.6 Å². The number of alkyl carbamates (subject to hydrolysis) is 1. The molecule has 0 atom stereocenters. The fraction of sp³-hybridized carbons (Fsp3) is 0.154. The summed E-state index contributed by atoms with van der Waals surface area (Å²) >= 11 is 0. The van der Waals surface area contributed by atoms with Gasteiger partial charge in [-0.15, -0.1) is 0 Å². The van der Waals surface area contributed by atoms with Gasteiger partial charge in [-0.2, -0.15) is 5.26 Å². The largest absolute Gasteiger partial charge is 0.507 e. The van der Waals surface area contributed by atoms with Crippen molar-refractivity contribution in [2.75, 3.05) is 13.2 Å². The number of amides is 1. The molecular formula is C26H20N2O3. The van der Waals surface area contributed by atoms with Crippen LogP contribution in [0.4, 0.5) is 4.79 Å². The fourth-order valence-electron chi connectivity index (χ4n) is 3.75. The van der Waals surface area contributed by atoms with Gasteiger partial charge in [0.2, 0.25) is 0 Å². The first-order valence-corrected chi connectivity index (χ1v) is 9.98. The monoisotopic (exact) mass is 408 g/mol. The van der Waals surface area contributed by atoms with Crippen LogP contribution in [0, 0.1) is 23.2 Å². The molecule has 0 radical (unpaired) electrons. The molecule has 0 aromatic heterocycles. The van der Waals surface area contributed by atoms with E-state index in [0.29, 0.717) is 18.5 Å². The molecule has 0 saturated heterocycles. The zero-order valence-electron chi connectivity index (χ0n) is 16.8.